The van der Waals surface area contributed by atoms with Gasteiger partial charge in [0.2, 0.25) is 0 Å². The second-order valence-corrected chi connectivity index (χ2v) is 5.71. The van der Waals surface area contributed by atoms with E-state index < -0.39 is 6.09 Å². The number of benzene rings is 1. The molecule has 1 fully saturated rings. The number of nitrogens with zero attached hydrogens (tertiary/aromatic N) is 1. The average Bonchev–Trinajstić information content (AvgIpc) is 2.89. The number of carbonyl (C=O) groups excluding carboxylic acids is 2. The highest BCUT2D eigenvalue weighted by molar-refractivity contribution is 9.10. The highest BCUT2D eigenvalue weighted by Crippen LogP contribution is 2.22. The van der Waals surface area contributed by atoms with Gasteiger partial charge in [-0.15, -0.1) is 0 Å². The van der Waals surface area contributed by atoms with E-state index in [1.54, 1.807) is 4.90 Å². The van der Waals surface area contributed by atoms with Gasteiger partial charge in [-0.1, -0.05) is 11.6 Å². The number of hydrogen-bond donors (Lipinski definition) is 1. The van der Waals surface area contributed by atoms with E-state index in [-0.39, 0.29) is 11.9 Å². The maximum Gasteiger partial charge on any atom is 0.407 e. The number of alkyl carbamates (subject to hydrolysis) is 1. The first-order valence-corrected chi connectivity index (χ1v) is 7.20. The molecule has 1 aliphatic rings. The zero-order valence-corrected chi connectivity index (χ0v) is 13.1. The van der Waals surface area contributed by atoms with Gasteiger partial charge in [0, 0.05) is 17.6 Å². The standard InChI is InChI=1S/C14H17BrN2O3/c1-9-3-4-12(15)11(7-9)13(18)17-6-5-10(8-17)16-14(19)20-2/h3-4,7,10H,5-6,8H2,1-2H3,(H,16,19). The number of likely N-dealkylation sites (tertiary alicyclic amines) is 1. The lowest BCUT2D eigenvalue weighted by atomic mass is 10.1. The fourth-order valence-electron chi connectivity index (χ4n) is 2.26. The fourth-order valence-corrected chi connectivity index (χ4v) is 2.68. The second-order valence-electron chi connectivity index (χ2n) is 4.86. The predicted octanol–water partition coefficient (Wildman–Crippen LogP) is 2.33. The Balaban J connectivity index is 2.04. The first-order valence-electron chi connectivity index (χ1n) is 6.41. The molecule has 1 aliphatic heterocycles. The van der Waals surface area contributed by atoms with Crippen molar-refractivity contribution in [3.05, 3.63) is 33.8 Å². The van der Waals surface area contributed by atoms with Crippen molar-refractivity contribution in [2.24, 2.45) is 0 Å². The van der Waals surface area contributed by atoms with E-state index in [4.69, 9.17) is 0 Å². The van der Waals surface area contributed by atoms with Crippen molar-refractivity contribution in [2.75, 3.05) is 20.2 Å². The zero-order chi connectivity index (χ0) is 14.7. The molecule has 2 rings (SSSR count). The van der Waals surface area contributed by atoms with Crippen molar-refractivity contribution in [3.63, 3.8) is 0 Å². The van der Waals surface area contributed by atoms with Crippen LogP contribution in [0.4, 0.5) is 4.79 Å². The Kier molecular flexibility index (Phi) is 4.65. The third-order valence-corrected chi connectivity index (χ3v) is 4.03. The lowest BCUT2D eigenvalue weighted by molar-refractivity contribution is 0.0787. The smallest absolute Gasteiger partial charge is 0.407 e. The molecule has 0 aliphatic carbocycles. The number of nitrogens with one attached hydrogen (secondary N) is 1. The third-order valence-electron chi connectivity index (χ3n) is 3.34. The van der Waals surface area contributed by atoms with Crippen LogP contribution in [0.3, 0.4) is 0 Å². The molecule has 0 spiro atoms. The quantitative estimate of drug-likeness (QED) is 0.898. The maximum absolute atomic E-state index is 12.5. The zero-order valence-electron chi connectivity index (χ0n) is 11.5. The van der Waals surface area contributed by atoms with E-state index in [1.165, 1.54) is 7.11 Å². The minimum absolute atomic E-state index is 0.0188. The largest absolute Gasteiger partial charge is 0.453 e. The predicted molar refractivity (Wildman–Crippen MR) is 78.7 cm³/mol. The number of hydrogen-bond acceptors (Lipinski definition) is 3. The molecule has 108 valence electrons. The van der Waals surface area contributed by atoms with Crippen LogP contribution in [0.5, 0.6) is 0 Å². The van der Waals surface area contributed by atoms with Crippen LogP contribution in [0.1, 0.15) is 22.3 Å². The highest BCUT2D eigenvalue weighted by Gasteiger charge is 2.28. The summed E-state index contributed by atoms with van der Waals surface area (Å²) in [7, 11) is 1.33. The lowest BCUT2D eigenvalue weighted by Crippen LogP contribution is -2.38. The van der Waals surface area contributed by atoms with E-state index in [0.29, 0.717) is 18.7 Å². The van der Waals surface area contributed by atoms with E-state index in [2.05, 4.69) is 26.0 Å². The molecule has 1 heterocycles. The molecular formula is C14H17BrN2O3. The molecule has 5 nitrogen and oxygen atoms in total. The van der Waals surface area contributed by atoms with Crippen LogP contribution in [0.15, 0.2) is 22.7 Å². The summed E-state index contributed by atoms with van der Waals surface area (Å²) in [6, 6.07) is 5.65. The average molecular weight is 341 g/mol. The highest BCUT2D eigenvalue weighted by atomic mass is 79.9. The number of rotatable bonds is 2. The number of aryl methyl sites for hydroxylation is 1. The molecule has 1 atom stereocenters. The minimum atomic E-state index is -0.457. The van der Waals surface area contributed by atoms with Crippen molar-refractivity contribution >= 4 is 27.9 Å². The Morgan fingerprint density at radius 3 is 2.90 bits per heavy atom. The first-order chi connectivity index (χ1) is 9.51. The lowest BCUT2D eigenvalue weighted by Gasteiger charge is -2.18. The summed E-state index contributed by atoms with van der Waals surface area (Å²) in [6.07, 6.45) is 0.283. The van der Waals surface area contributed by atoms with Crippen LogP contribution in [-0.2, 0) is 4.74 Å². The summed E-state index contributed by atoms with van der Waals surface area (Å²) in [4.78, 5) is 25.4. The molecule has 1 unspecified atom stereocenters. The molecular weight excluding hydrogens is 324 g/mol. The first kappa shape index (κ1) is 14.8. The SMILES string of the molecule is COC(=O)NC1CCN(C(=O)c2cc(C)ccc2Br)C1. The monoisotopic (exact) mass is 340 g/mol. The van der Waals surface area contributed by atoms with Crippen LogP contribution < -0.4 is 5.32 Å². The molecule has 1 aromatic carbocycles. The van der Waals surface area contributed by atoms with Gasteiger partial charge in [-0.25, -0.2) is 4.79 Å². The van der Waals surface area contributed by atoms with Crippen LogP contribution in [0.25, 0.3) is 0 Å². The molecule has 0 radical (unpaired) electrons. The van der Waals surface area contributed by atoms with E-state index in [1.807, 2.05) is 25.1 Å². The van der Waals surface area contributed by atoms with Crippen LogP contribution >= 0.6 is 15.9 Å². The van der Waals surface area contributed by atoms with E-state index in [0.717, 1.165) is 16.5 Å². The Morgan fingerprint density at radius 2 is 2.20 bits per heavy atom. The van der Waals surface area contributed by atoms with E-state index in [9.17, 15) is 9.59 Å². The van der Waals surface area contributed by atoms with Crippen LogP contribution in [0.2, 0.25) is 0 Å². The Morgan fingerprint density at radius 1 is 1.45 bits per heavy atom. The number of methoxy groups -OCH3 is 1. The number of ether oxygens (including phenoxy) is 1. The van der Waals surface area contributed by atoms with Gasteiger partial charge in [-0.3, -0.25) is 4.79 Å². The van der Waals surface area contributed by atoms with Gasteiger partial charge in [0.1, 0.15) is 0 Å². The summed E-state index contributed by atoms with van der Waals surface area (Å²) in [6.45, 7) is 3.09. The van der Waals surface area contributed by atoms with Gasteiger partial charge < -0.3 is 15.0 Å². The maximum atomic E-state index is 12.5. The minimum Gasteiger partial charge on any atom is -0.453 e. The van der Waals surface area contributed by atoms with Gasteiger partial charge in [0.15, 0.2) is 0 Å². The van der Waals surface area contributed by atoms with Crippen molar-refractivity contribution < 1.29 is 14.3 Å². The molecule has 0 aromatic heterocycles. The summed E-state index contributed by atoms with van der Waals surface area (Å²) >= 11 is 3.41. The number of amides is 2. The summed E-state index contributed by atoms with van der Waals surface area (Å²) in [5, 5.41) is 2.72. The summed E-state index contributed by atoms with van der Waals surface area (Å²) < 4.78 is 5.36. The molecule has 1 N–H and O–H groups in total. The Labute approximate surface area is 126 Å². The van der Waals surface area contributed by atoms with E-state index >= 15 is 0 Å². The van der Waals surface area contributed by atoms with Gasteiger partial charge in [-0.2, -0.15) is 0 Å². The molecule has 2 amide bonds. The fraction of sp³-hybridized carbons (Fsp3) is 0.429. The molecule has 0 bridgehead atoms. The normalized spacial score (nSPS) is 17.9. The topological polar surface area (TPSA) is 58.6 Å². The van der Waals surface area contributed by atoms with Crippen molar-refractivity contribution in [2.45, 2.75) is 19.4 Å². The molecule has 1 saturated heterocycles. The van der Waals surface area contributed by atoms with Crippen molar-refractivity contribution in [1.29, 1.82) is 0 Å². The Hall–Kier alpha value is -1.56. The Bertz CT molecular complexity index is 533. The molecule has 0 saturated carbocycles. The van der Waals surface area contributed by atoms with Gasteiger partial charge in [0.05, 0.1) is 18.7 Å². The van der Waals surface area contributed by atoms with Gasteiger partial charge in [0.25, 0.3) is 5.91 Å². The molecule has 1 aromatic rings. The summed E-state index contributed by atoms with van der Waals surface area (Å²) in [5.41, 5.74) is 1.70. The van der Waals surface area contributed by atoms with Crippen LogP contribution in [-0.4, -0.2) is 43.1 Å². The number of carbonyl (C=O) groups is 2. The van der Waals surface area contributed by atoms with Crippen LogP contribution in [0, 0.1) is 6.92 Å². The summed E-state index contributed by atoms with van der Waals surface area (Å²) in [5.74, 6) is -0.0188. The van der Waals surface area contributed by atoms with Crippen molar-refractivity contribution in [1.82, 2.24) is 10.2 Å². The van der Waals surface area contributed by atoms with Gasteiger partial charge >= 0.3 is 6.09 Å². The third kappa shape index (κ3) is 3.30. The molecule has 6 heteroatoms. The molecule has 20 heavy (non-hydrogen) atoms. The van der Waals surface area contributed by atoms with Crippen molar-refractivity contribution in [3.8, 4) is 0 Å². The number of halogens is 1. The second kappa shape index (κ2) is 6.26. The van der Waals surface area contributed by atoms with Gasteiger partial charge in [-0.05, 0) is 41.4 Å².